The zero-order valence-corrected chi connectivity index (χ0v) is 14.1. The van der Waals surface area contributed by atoms with Crippen molar-refractivity contribution >= 4 is 20.9 Å². The van der Waals surface area contributed by atoms with Gasteiger partial charge in [0.25, 0.3) is 10.1 Å². The molecule has 0 aromatic heterocycles. The van der Waals surface area contributed by atoms with Crippen molar-refractivity contribution in [1.82, 2.24) is 0 Å². The van der Waals surface area contributed by atoms with E-state index in [0.29, 0.717) is 12.3 Å². The van der Waals surface area contributed by atoms with E-state index in [1.807, 2.05) is 24.3 Å². The summed E-state index contributed by atoms with van der Waals surface area (Å²) in [5, 5.41) is 1.92. The first-order valence-electron chi connectivity index (χ1n) is 7.87. The summed E-state index contributed by atoms with van der Waals surface area (Å²) in [7, 11) is -4.18. The summed E-state index contributed by atoms with van der Waals surface area (Å²) in [6.45, 7) is 4.42. The predicted molar refractivity (Wildman–Crippen MR) is 90.8 cm³/mol. The molecular weight excluding hydrogens is 296 g/mol. The topological polar surface area (TPSA) is 54.4 Å². The molecule has 2 aromatic carbocycles. The van der Waals surface area contributed by atoms with Gasteiger partial charge in [0.2, 0.25) is 0 Å². The van der Waals surface area contributed by atoms with Gasteiger partial charge in [0, 0.05) is 0 Å². The molecule has 0 radical (unpaired) electrons. The molecule has 3 nitrogen and oxygen atoms in total. The van der Waals surface area contributed by atoms with E-state index in [0.717, 1.165) is 35.6 Å². The van der Waals surface area contributed by atoms with Crippen LogP contribution in [-0.4, -0.2) is 13.0 Å². The summed E-state index contributed by atoms with van der Waals surface area (Å²) in [4.78, 5) is 0.0510. The number of benzene rings is 2. The van der Waals surface area contributed by atoms with Gasteiger partial charge in [0.15, 0.2) is 0 Å². The van der Waals surface area contributed by atoms with Crippen LogP contribution in [0.2, 0.25) is 0 Å². The molecule has 0 heterocycles. The first kappa shape index (κ1) is 17.0. The van der Waals surface area contributed by atoms with Crippen LogP contribution in [-0.2, 0) is 16.5 Å². The second-order valence-corrected chi connectivity index (χ2v) is 7.62. The zero-order chi connectivity index (χ0) is 16.2. The molecule has 0 aliphatic rings. The van der Waals surface area contributed by atoms with Gasteiger partial charge < -0.3 is 0 Å². The molecule has 0 amide bonds. The molecule has 0 atom stereocenters. The van der Waals surface area contributed by atoms with Gasteiger partial charge in [0.1, 0.15) is 0 Å². The molecule has 22 heavy (non-hydrogen) atoms. The average molecular weight is 320 g/mol. The lowest BCUT2D eigenvalue weighted by Gasteiger charge is -2.11. The van der Waals surface area contributed by atoms with Crippen molar-refractivity contribution in [3.05, 3.63) is 42.0 Å². The molecule has 0 aliphatic heterocycles. The Balaban J connectivity index is 2.25. The van der Waals surface area contributed by atoms with Gasteiger partial charge in [0.05, 0.1) is 4.90 Å². The van der Waals surface area contributed by atoms with Crippen molar-refractivity contribution in [3.63, 3.8) is 0 Å². The summed E-state index contributed by atoms with van der Waals surface area (Å²) in [6.07, 6.45) is 5.04. The van der Waals surface area contributed by atoms with Crippen LogP contribution in [0.25, 0.3) is 10.8 Å². The molecule has 120 valence electrons. The molecule has 0 spiro atoms. The fourth-order valence-electron chi connectivity index (χ4n) is 2.85. The van der Waals surface area contributed by atoms with Crippen molar-refractivity contribution in [2.45, 2.75) is 50.8 Å². The van der Waals surface area contributed by atoms with Gasteiger partial charge in [-0.1, -0.05) is 63.4 Å². The van der Waals surface area contributed by atoms with Gasteiger partial charge in [-0.05, 0) is 41.2 Å². The van der Waals surface area contributed by atoms with Gasteiger partial charge in [-0.15, -0.1) is 0 Å². The smallest absolute Gasteiger partial charge is 0.282 e. The molecule has 2 aromatic rings. The van der Waals surface area contributed by atoms with Crippen LogP contribution < -0.4 is 0 Å². The highest BCUT2D eigenvalue weighted by molar-refractivity contribution is 7.85. The minimum atomic E-state index is -4.18. The van der Waals surface area contributed by atoms with Crippen LogP contribution >= 0.6 is 0 Å². The number of fused-ring (bicyclic) bond motifs is 1. The molecule has 2 rings (SSSR count). The normalized spacial score (nSPS) is 12.2. The average Bonchev–Trinajstić information content (AvgIpc) is 2.45. The number of rotatable bonds is 7. The molecule has 0 unspecified atom stereocenters. The largest absolute Gasteiger partial charge is 0.294 e. The van der Waals surface area contributed by atoms with Crippen LogP contribution in [0, 0.1) is 5.92 Å². The van der Waals surface area contributed by atoms with Gasteiger partial charge in [-0.25, -0.2) is 0 Å². The monoisotopic (exact) mass is 320 g/mol. The maximum absolute atomic E-state index is 11.6. The minimum absolute atomic E-state index is 0.0510. The maximum atomic E-state index is 11.6. The van der Waals surface area contributed by atoms with E-state index >= 15 is 0 Å². The lowest BCUT2D eigenvalue weighted by molar-refractivity contribution is 0.481. The summed E-state index contributed by atoms with van der Waals surface area (Å²) in [5.74, 6) is 0.700. The Labute approximate surface area is 133 Å². The quantitative estimate of drug-likeness (QED) is 0.586. The first-order chi connectivity index (χ1) is 10.4. The molecule has 0 aliphatic carbocycles. The predicted octanol–water partition coefficient (Wildman–Crippen LogP) is 4.85. The Hall–Kier alpha value is -1.39. The van der Waals surface area contributed by atoms with Crippen molar-refractivity contribution in [3.8, 4) is 0 Å². The van der Waals surface area contributed by atoms with E-state index < -0.39 is 10.1 Å². The standard InChI is InChI=1S/C18H24O3S/c1-14(2)8-4-3-5-11-17-16-10-7-6-9-15(16)12-13-18(17)22(19,20)21/h6-7,9-10,12-14H,3-5,8,11H2,1-2H3,(H,19,20,21). The van der Waals surface area contributed by atoms with Gasteiger partial charge in [-0.2, -0.15) is 8.42 Å². The summed E-state index contributed by atoms with van der Waals surface area (Å²) >= 11 is 0. The Morgan fingerprint density at radius 1 is 1.00 bits per heavy atom. The first-order valence-corrected chi connectivity index (χ1v) is 9.31. The van der Waals surface area contributed by atoms with Crippen LogP contribution in [0.3, 0.4) is 0 Å². The minimum Gasteiger partial charge on any atom is -0.282 e. The summed E-state index contributed by atoms with van der Waals surface area (Å²) in [5.41, 5.74) is 0.741. The lowest BCUT2D eigenvalue weighted by atomic mass is 9.98. The fraction of sp³-hybridized carbons (Fsp3) is 0.444. The lowest BCUT2D eigenvalue weighted by Crippen LogP contribution is -2.04. The highest BCUT2D eigenvalue weighted by Gasteiger charge is 2.17. The van der Waals surface area contributed by atoms with Crippen LogP contribution in [0.4, 0.5) is 0 Å². The van der Waals surface area contributed by atoms with Crippen LogP contribution in [0.15, 0.2) is 41.3 Å². The molecule has 0 saturated heterocycles. The highest BCUT2D eigenvalue weighted by atomic mass is 32.2. The Bertz CT molecular complexity index is 733. The van der Waals surface area contributed by atoms with E-state index in [2.05, 4.69) is 13.8 Å². The second kappa shape index (κ2) is 7.25. The van der Waals surface area contributed by atoms with E-state index in [-0.39, 0.29) is 4.90 Å². The third-order valence-corrected chi connectivity index (χ3v) is 4.92. The third-order valence-electron chi connectivity index (χ3n) is 3.98. The van der Waals surface area contributed by atoms with E-state index in [9.17, 15) is 13.0 Å². The second-order valence-electron chi connectivity index (χ2n) is 6.23. The van der Waals surface area contributed by atoms with Crippen molar-refractivity contribution in [2.75, 3.05) is 0 Å². The van der Waals surface area contributed by atoms with Crippen molar-refractivity contribution < 1.29 is 13.0 Å². The molecule has 0 fully saturated rings. The van der Waals surface area contributed by atoms with E-state index in [4.69, 9.17) is 0 Å². The molecule has 0 saturated carbocycles. The zero-order valence-electron chi connectivity index (χ0n) is 13.2. The van der Waals surface area contributed by atoms with Crippen LogP contribution in [0.1, 0.15) is 45.1 Å². The molecule has 0 bridgehead atoms. The van der Waals surface area contributed by atoms with E-state index in [1.165, 1.54) is 12.5 Å². The Morgan fingerprint density at radius 3 is 2.41 bits per heavy atom. The number of hydrogen-bond acceptors (Lipinski definition) is 2. The molecule has 1 N–H and O–H groups in total. The van der Waals surface area contributed by atoms with Gasteiger partial charge >= 0.3 is 0 Å². The molecule has 4 heteroatoms. The van der Waals surface area contributed by atoms with E-state index in [1.54, 1.807) is 6.07 Å². The SMILES string of the molecule is CC(C)CCCCCc1c(S(=O)(=O)O)ccc2ccccc12. The molecular formula is C18H24O3S. The Kier molecular flexibility index (Phi) is 5.59. The third kappa shape index (κ3) is 4.31. The van der Waals surface area contributed by atoms with Crippen LogP contribution in [0.5, 0.6) is 0 Å². The fourth-order valence-corrected chi connectivity index (χ4v) is 3.61. The van der Waals surface area contributed by atoms with Gasteiger partial charge in [-0.3, -0.25) is 4.55 Å². The highest BCUT2D eigenvalue weighted by Crippen LogP contribution is 2.27. The van der Waals surface area contributed by atoms with Crippen molar-refractivity contribution in [1.29, 1.82) is 0 Å². The van der Waals surface area contributed by atoms with Crippen molar-refractivity contribution in [2.24, 2.45) is 5.92 Å². The summed E-state index contributed by atoms with van der Waals surface area (Å²) in [6, 6.07) is 11.0. The summed E-state index contributed by atoms with van der Waals surface area (Å²) < 4.78 is 32.7. The number of hydrogen-bond donors (Lipinski definition) is 1. The Morgan fingerprint density at radius 2 is 1.73 bits per heavy atom. The number of aryl methyl sites for hydroxylation is 1. The number of unbranched alkanes of at least 4 members (excludes halogenated alkanes) is 2. The maximum Gasteiger partial charge on any atom is 0.294 e.